The van der Waals surface area contributed by atoms with Crippen LogP contribution in [-0.2, 0) is 11.3 Å². The van der Waals surface area contributed by atoms with E-state index in [1.807, 2.05) is 31.2 Å². The predicted molar refractivity (Wildman–Crippen MR) is 152 cm³/mol. The van der Waals surface area contributed by atoms with Crippen molar-refractivity contribution in [3.63, 3.8) is 0 Å². The van der Waals surface area contributed by atoms with Crippen LogP contribution >= 0.6 is 0 Å². The third kappa shape index (κ3) is 5.99. The number of aromatic hydroxyl groups is 1. The monoisotopic (exact) mass is 514 g/mol. The summed E-state index contributed by atoms with van der Waals surface area (Å²) in [4.78, 5) is 15.4. The zero-order chi connectivity index (χ0) is 26.5. The fourth-order valence-electron chi connectivity index (χ4n) is 5.31. The maximum absolute atomic E-state index is 9.91. The van der Waals surface area contributed by atoms with Crippen LogP contribution in [-0.4, -0.2) is 89.0 Å². The molecule has 2 saturated heterocycles. The first-order chi connectivity index (χ1) is 18.5. The molecule has 6 rings (SSSR count). The Morgan fingerprint density at radius 1 is 1.00 bits per heavy atom. The van der Waals surface area contributed by atoms with E-state index in [0.717, 1.165) is 68.1 Å². The second-order valence-electron chi connectivity index (χ2n) is 10.3. The van der Waals surface area contributed by atoms with Crippen LogP contribution in [0.15, 0.2) is 67.0 Å². The van der Waals surface area contributed by atoms with Gasteiger partial charge in [-0.2, -0.15) is 0 Å². The van der Waals surface area contributed by atoms with Crippen LogP contribution in [0, 0.1) is 6.92 Å². The van der Waals surface area contributed by atoms with E-state index < -0.39 is 0 Å². The van der Waals surface area contributed by atoms with Crippen molar-refractivity contribution in [2.75, 3.05) is 58.4 Å². The zero-order valence-corrected chi connectivity index (χ0v) is 22.6. The summed E-state index contributed by atoms with van der Waals surface area (Å²) in [5.74, 6) is 1.32. The number of benzene rings is 1. The van der Waals surface area contributed by atoms with Gasteiger partial charge in [0.2, 0.25) is 5.88 Å². The fraction of sp³-hybridized carbons (Fsp3) is 0.400. The minimum absolute atomic E-state index is 0.0733. The molecule has 1 unspecified atom stereocenters. The number of aryl methyl sites for hydroxylation is 1. The van der Waals surface area contributed by atoms with Gasteiger partial charge in [-0.3, -0.25) is 14.5 Å². The lowest BCUT2D eigenvalue weighted by Gasteiger charge is -2.28. The van der Waals surface area contributed by atoms with Gasteiger partial charge in [0.25, 0.3) is 0 Å². The molecule has 2 fully saturated rings. The van der Waals surface area contributed by atoms with Crippen molar-refractivity contribution in [2.24, 2.45) is 0 Å². The topological polar surface area (TPSA) is 69.9 Å². The highest BCUT2D eigenvalue weighted by molar-refractivity contribution is 5.85. The molecule has 0 bridgehead atoms. The summed E-state index contributed by atoms with van der Waals surface area (Å²) in [5, 5.41) is 11.0. The third-order valence-corrected chi connectivity index (χ3v) is 7.46. The SMILES string of the molecule is Cc1cc(O)nc2ccc(-n3c(CN4CCOCC4)ccc3N3CCC(N(C)C)C3)cc12.c1ccncc1. The van der Waals surface area contributed by atoms with Gasteiger partial charge in [0.05, 0.1) is 18.7 Å². The summed E-state index contributed by atoms with van der Waals surface area (Å²) in [6, 6.07) is 18.9. The quantitative estimate of drug-likeness (QED) is 0.430. The molecule has 0 spiro atoms. The Balaban J connectivity index is 0.000000433. The first-order valence-electron chi connectivity index (χ1n) is 13.4. The number of hydrogen-bond donors (Lipinski definition) is 1. The van der Waals surface area contributed by atoms with Gasteiger partial charge in [-0.15, -0.1) is 0 Å². The predicted octanol–water partition coefficient (Wildman–Crippen LogP) is 4.09. The number of pyridine rings is 2. The van der Waals surface area contributed by atoms with Gasteiger partial charge >= 0.3 is 0 Å². The Hall–Kier alpha value is -3.46. The number of ether oxygens (including phenoxy) is 1. The summed E-state index contributed by atoms with van der Waals surface area (Å²) in [6.45, 7) is 8.56. The maximum atomic E-state index is 9.91. The molecule has 3 aromatic heterocycles. The van der Waals surface area contributed by atoms with E-state index in [-0.39, 0.29) is 5.88 Å². The normalized spacial score (nSPS) is 18.1. The molecule has 0 amide bonds. The van der Waals surface area contributed by atoms with Crippen LogP contribution in [0.25, 0.3) is 16.6 Å². The lowest BCUT2D eigenvalue weighted by atomic mass is 10.1. The van der Waals surface area contributed by atoms with Crippen molar-refractivity contribution in [3.05, 3.63) is 78.2 Å². The van der Waals surface area contributed by atoms with Crippen molar-refractivity contribution in [1.82, 2.24) is 24.3 Å². The van der Waals surface area contributed by atoms with Crippen molar-refractivity contribution < 1.29 is 9.84 Å². The first-order valence-corrected chi connectivity index (χ1v) is 13.4. The molecule has 38 heavy (non-hydrogen) atoms. The van der Waals surface area contributed by atoms with E-state index in [1.54, 1.807) is 18.5 Å². The minimum Gasteiger partial charge on any atom is -0.493 e. The van der Waals surface area contributed by atoms with E-state index in [4.69, 9.17) is 4.74 Å². The molecule has 1 N–H and O–H groups in total. The molecular formula is C30H38N6O2. The van der Waals surface area contributed by atoms with Crippen LogP contribution in [0.5, 0.6) is 5.88 Å². The molecule has 2 aliphatic heterocycles. The van der Waals surface area contributed by atoms with E-state index in [0.29, 0.717) is 6.04 Å². The molecule has 5 heterocycles. The molecule has 1 atom stereocenters. The molecule has 1 aromatic carbocycles. The lowest BCUT2D eigenvalue weighted by molar-refractivity contribution is 0.0334. The number of hydrogen-bond acceptors (Lipinski definition) is 7. The van der Waals surface area contributed by atoms with Crippen molar-refractivity contribution in [2.45, 2.75) is 25.9 Å². The largest absolute Gasteiger partial charge is 0.493 e. The van der Waals surface area contributed by atoms with Gasteiger partial charge in [0.15, 0.2) is 0 Å². The van der Waals surface area contributed by atoms with Crippen LogP contribution in [0.3, 0.4) is 0 Å². The highest BCUT2D eigenvalue weighted by atomic mass is 16.5. The molecular weight excluding hydrogens is 476 g/mol. The summed E-state index contributed by atoms with van der Waals surface area (Å²) in [7, 11) is 4.34. The number of fused-ring (bicyclic) bond motifs is 1. The summed E-state index contributed by atoms with van der Waals surface area (Å²) in [6.07, 6.45) is 4.68. The van der Waals surface area contributed by atoms with Gasteiger partial charge in [-0.25, -0.2) is 4.98 Å². The number of likely N-dealkylation sites (N-methyl/N-ethyl adjacent to an activating group) is 1. The third-order valence-electron chi connectivity index (χ3n) is 7.46. The Bertz CT molecular complexity index is 1310. The fourth-order valence-corrected chi connectivity index (χ4v) is 5.31. The molecule has 8 heteroatoms. The Morgan fingerprint density at radius 2 is 1.79 bits per heavy atom. The van der Waals surface area contributed by atoms with Gasteiger partial charge in [0.1, 0.15) is 5.82 Å². The highest BCUT2D eigenvalue weighted by Crippen LogP contribution is 2.31. The second kappa shape index (κ2) is 11.9. The highest BCUT2D eigenvalue weighted by Gasteiger charge is 2.27. The molecule has 0 radical (unpaired) electrons. The summed E-state index contributed by atoms with van der Waals surface area (Å²) >= 11 is 0. The van der Waals surface area contributed by atoms with Crippen molar-refractivity contribution in [3.8, 4) is 11.6 Å². The van der Waals surface area contributed by atoms with Crippen molar-refractivity contribution >= 4 is 16.7 Å². The number of anilines is 1. The summed E-state index contributed by atoms with van der Waals surface area (Å²) in [5.41, 5.74) is 4.29. The van der Waals surface area contributed by atoms with Gasteiger partial charge < -0.3 is 19.6 Å². The molecule has 4 aromatic rings. The Morgan fingerprint density at radius 3 is 2.45 bits per heavy atom. The Kier molecular flexibility index (Phi) is 8.22. The smallest absolute Gasteiger partial charge is 0.211 e. The maximum Gasteiger partial charge on any atom is 0.211 e. The molecule has 0 saturated carbocycles. The average Bonchev–Trinajstić information content (AvgIpc) is 3.58. The number of rotatable bonds is 5. The Labute approximate surface area is 225 Å². The van der Waals surface area contributed by atoms with Crippen LogP contribution in [0.2, 0.25) is 0 Å². The van der Waals surface area contributed by atoms with Crippen LogP contribution < -0.4 is 4.90 Å². The minimum atomic E-state index is 0.0733. The number of nitrogens with zero attached hydrogens (tertiary/aromatic N) is 6. The molecule has 2 aliphatic rings. The lowest BCUT2D eigenvalue weighted by Crippen LogP contribution is -2.36. The van der Waals surface area contributed by atoms with Gasteiger partial charge in [-0.05, 0) is 75.5 Å². The summed E-state index contributed by atoms with van der Waals surface area (Å²) < 4.78 is 7.97. The van der Waals surface area contributed by atoms with Gasteiger partial charge in [-0.1, -0.05) is 6.07 Å². The van der Waals surface area contributed by atoms with E-state index in [1.165, 1.54) is 17.9 Å². The second-order valence-corrected chi connectivity index (χ2v) is 10.3. The standard InChI is InChI=1S/C25H33N5O2.C5H5N/c1-18-14-24(31)26-23-6-4-19(15-22(18)23)30-21(16-28-10-12-32-13-11-28)5-7-25(30)29-9-8-20(17-29)27(2)3;1-2-4-6-5-3-1/h4-7,14-15,20H,8-13,16-17H2,1-3H3,(H,26,31);1-5H. The molecule has 200 valence electrons. The zero-order valence-electron chi connectivity index (χ0n) is 22.6. The number of morpholine rings is 1. The first kappa shape index (κ1) is 26.2. The van der Waals surface area contributed by atoms with Gasteiger partial charge in [0, 0.05) is 74.0 Å². The van der Waals surface area contributed by atoms with Crippen LogP contribution in [0.4, 0.5) is 5.82 Å². The average molecular weight is 515 g/mol. The molecule has 8 nitrogen and oxygen atoms in total. The van der Waals surface area contributed by atoms with E-state index in [9.17, 15) is 5.11 Å². The van der Waals surface area contributed by atoms with Crippen LogP contribution in [0.1, 0.15) is 17.7 Å². The van der Waals surface area contributed by atoms with Crippen molar-refractivity contribution in [1.29, 1.82) is 0 Å². The number of aromatic nitrogens is 3. The molecule has 0 aliphatic carbocycles. The van der Waals surface area contributed by atoms with E-state index >= 15 is 0 Å². The van der Waals surface area contributed by atoms with E-state index in [2.05, 4.69) is 67.6 Å².